The molecule has 0 aliphatic carbocycles. The van der Waals surface area contributed by atoms with Crippen molar-refractivity contribution >= 4 is 7.12 Å². The minimum Gasteiger partial charge on any atom is -0.403 e. The summed E-state index contributed by atoms with van der Waals surface area (Å²) < 4.78 is 33.1. The zero-order valence-corrected chi connectivity index (χ0v) is 10.4. The Morgan fingerprint density at radius 1 is 1.00 bits per heavy atom. The Morgan fingerprint density at radius 2 is 1.60 bits per heavy atom. The third-order valence-electron chi connectivity index (χ3n) is 3.42. The molecule has 0 bridgehead atoms. The summed E-state index contributed by atoms with van der Waals surface area (Å²) in [5, 5.41) is 0. The fraction of sp³-hybridized carbons (Fsp3) is 1.00. The lowest BCUT2D eigenvalue weighted by Gasteiger charge is -2.32. The molecule has 1 saturated heterocycles. The molecule has 0 aromatic carbocycles. The fourth-order valence-electron chi connectivity index (χ4n) is 1.70. The standard InChI is InChI=1S/C12H25BO2/c1-6-7-8-9-10-13-14-11(2,3)12(4,5)15-13/h6-10H2,1-5H3/i1D3. The van der Waals surface area contributed by atoms with Gasteiger partial charge in [-0.3, -0.25) is 0 Å². The van der Waals surface area contributed by atoms with E-state index in [-0.39, 0.29) is 18.3 Å². The summed E-state index contributed by atoms with van der Waals surface area (Å²) in [5.41, 5.74) is -0.535. The lowest BCUT2D eigenvalue weighted by molar-refractivity contribution is 0.00578. The van der Waals surface area contributed by atoms with Crippen LogP contribution >= 0.6 is 0 Å². The first-order valence-electron chi connectivity index (χ1n) is 7.39. The molecule has 0 radical (unpaired) electrons. The smallest absolute Gasteiger partial charge is 0.403 e. The molecule has 88 valence electrons. The van der Waals surface area contributed by atoms with Crippen LogP contribution in [0.3, 0.4) is 0 Å². The van der Waals surface area contributed by atoms with Crippen LogP contribution in [0.1, 0.15) is 64.3 Å². The van der Waals surface area contributed by atoms with Gasteiger partial charge in [-0.1, -0.05) is 32.5 Å². The molecular weight excluding hydrogens is 187 g/mol. The summed E-state index contributed by atoms with van der Waals surface area (Å²) in [7, 11) is -0.150. The van der Waals surface area contributed by atoms with Crippen molar-refractivity contribution in [3.63, 3.8) is 0 Å². The van der Waals surface area contributed by atoms with E-state index in [1.165, 1.54) is 0 Å². The van der Waals surface area contributed by atoms with Gasteiger partial charge in [-0.15, -0.1) is 0 Å². The first kappa shape index (κ1) is 9.06. The van der Waals surface area contributed by atoms with Gasteiger partial charge in [0, 0.05) is 4.11 Å². The predicted octanol–water partition coefficient (Wildman–Crippen LogP) is 3.66. The van der Waals surface area contributed by atoms with Gasteiger partial charge in [-0.05, 0) is 34.0 Å². The quantitative estimate of drug-likeness (QED) is 0.514. The van der Waals surface area contributed by atoms with Gasteiger partial charge in [-0.2, -0.15) is 0 Å². The molecule has 1 rings (SSSR count). The van der Waals surface area contributed by atoms with E-state index in [9.17, 15) is 0 Å². The zero-order valence-electron chi connectivity index (χ0n) is 13.4. The van der Waals surface area contributed by atoms with E-state index >= 15 is 0 Å². The maximum atomic E-state index is 7.12. The molecule has 1 heterocycles. The summed E-state index contributed by atoms with van der Waals surface area (Å²) in [4.78, 5) is 0. The highest BCUT2D eigenvalue weighted by Gasteiger charge is 2.50. The van der Waals surface area contributed by atoms with Gasteiger partial charge in [0.25, 0.3) is 0 Å². The van der Waals surface area contributed by atoms with E-state index in [0.29, 0.717) is 6.42 Å². The van der Waals surface area contributed by atoms with Crippen LogP contribution in [0, 0.1) is 0 Å². The monoisotopic (exact) mass is 215 g/mol. The Kier molecular flexibility index (Phi) is 2.95. The second-order valence-corrected chi connectivity index (χ2v) is 5.29. The SMILES string of the molecule is [2H]C([2H])([2H])CCCCCB1OC(C)(C)C(C)(C)O1. The summed E-state index contributed by atoms with van der Waals surface area (Å²) in [6.07, 6.45) is 3.76. The molecule has 0 N–H and O–H groups in total. The van der Waals surface area contributed by atoms with Crippen LogP contribution in [0.15, 0.2) is 0 Å². The third-order valence-corrected chi connectivity index (χ3v) is 3.42. The Labute approximate surface area is 99.1 Å². The predicted molar refractivity (Wildman–Crippen MR) is 65.0 cm³/mol. The highest BCUT2D eigenvalue weighted by molar-refractivity contribution is 6.45. The van der Waals surface area contributed by atoms with Gasteiger partial charge in [0.1, 0.15) is 0 Å². The van der Waals surface area contributed by atoms with Crippen molar-refractivity contribution in [3.05, 3.63) is 0 Å². The normalized spacial score (nSPS) is 27.2. The molecule has 0 spiro atoms. The molecule has 0 atom stereocenters. The Balaban J connectivity index is 2.19. The average molecular weight is 215 g/mol. The molecule has 0 unspecified atom stereocenters. The highest BCUT2D eigenvalue weighted by atomic mass is 16.7. The second-order valence-electron chi connectivity index (χ2n) is 5.29. The summed E-state index contributed by atoms with van der Waals surface area (Å²) in [6.45, 7) is 6.39. The van der Waals surface area contributed by atoms with Crippen molar-refractivity contribution in [1.29, 1.82) is 0 Å². The Bertz CT molecular complexity index is 261. The maximum absolute atomic E-state index is 7.12. The van der Waals surface area contributed by atoms with Gasteiger partial charge in [0.2, 0.25) is 0 Å². The molecule has 0 saturated carbocycles. The minimum absolute atomic E-state index is 0.150. The Hall–Kier alpha value is -0.0151. The largest absolute Gasteiger partial charge is 0.457 e. The first-order chi connectivity index (χ1) is 8.04. The molecule has 1 aliphatic rings. The van der Waals surface area contributed by atoms with E-state index in [1.54, 1.807) is 0 Å². The molecule has 1 fully saturated rings. The van der Waals surface area contributed by atoms with Crippen LogP contribution in [-0.4, -0.2) is 18.3 Å². The van der Waals surface area contributed by atoms with Crippen LogP contribution in [0.5, 0.6) is 0 Å². The van der Waals surface area contributed by atoms with Crippen molar-refractivity contribution in [2.75, 3.05) is 0 Å². The van der Waals surface area contributed by atoms with Crippen molar-refractivity contribution in [2.24, 2.45) is 0 Å². The van der Waals surface area contributed by atoms with Gasteiger partial charge >= 0.3 is 7.12 Å². The van der Waals surface area contributed by atoms with E-state index in [2.05, 4.69) is 0 Å². The molecule has 15 heavy (non-hydrogen) atoms. The van der Waals surface area contributed by atoms with Crippen molar-refractivity contribution in [1.82, 2.24) is 0 Å². The topological polar surface area (TPSA) is 18.5 Å². The molecule has 1 aliphatic heterocycles. The van der Waals surface area contributed by atoms with Crippen LogP contribution in [0.4, 0.5) is 0 Å². The first-order valence-corrected chi connectivity index (χ1v) is 5.89. The van der Waals surface area contributed by atoms with E-state index in [0.717, 1.165) is 25.6 Å². The maximum Gasteiger partial charge on any atom is 0.457 e. The third kappa shape index (κ3) is 3.22. The number of unbranched alkanes of at least 4 members (excludes halogenated alkanes) is 2. The van der Waals surface area contributed by atoms with Crippen molar-refractivity contribution in [2.45, 2.75) is 77.8 Å². The van der Waals surface area contributed by atoms with E-state index < -0.39 is 6.85 Å². The molecular formula is C12H25BO2. The second kappa shape index (κ2) is 4.88. The van der Waals surface area contributed by atoms with Crippen molar-refractivity contribution < 1.29 is 13.4 Å². The fourth-order valence-corrected chi connectivity index (χ4v) is 1.70. The number of rotatable bonds is 5. The van der Waals surface area contributed by atoms with Crippen LogP contribution in [0.25, 0.3) is 0 Å². The summed E-state index contributed by atoms with van der Waals surface area (Å²) in [5.74, 6) is 0. The number of hydrogen-bond acceptors (Lipinski definition) is 2. The Morgan fingerprint density at radius 3 is 2.13 bits per heavy atom. The lowest BCUT2D eigenvalue weighted by Crippen LogP contribution is -2.41. The molecule has 0 aromatic heterocycles. The van der Waals surface area contributed by atoms with Gasteiger partial charge in [0.05, 0.1) is 11.2 Å². The van der Waals surface area contributed by atoms with Gasteiger partial charge < -0.3 is 9.31 Å². The molecule has 2 nitrogen and oxygen atoms in total. The molecule has 3 heteroatoms. The van der Waals surface area contributed by atoms with Crippen LogP contribution in [0.2, 0.25) is 6.32 Å². The molecule has 0 amide bonds. The van der Waals surface area contributed by atoms with Crippen molar-refractivity contribution in [3.8, 4) is 0 Å². The van der Waals surface area contributed by atoms with E-state index in [1.807, 2.05) is 27.7 Å². The summed E-state index contributed by atoms with van der Waals surface area (Å²) >= 11 is 0. The van der Waals surface area contributed by atoms with Crippen LogP contribution < -0.4 is 0 Å². The van der Waals surface area contributed by atoms with Crippen LogP contribution in [-0.2, 0) is 9.31 Å². The lowest BCUT2D eigenvalue weighted by atomic mass is 9.82. The average Bonchev–Trinajstić information content (AvgIpc) is 2.32. The number of hydrogen-bond donors (Lipinski definition) is 0. The minimum atomic E-state index is -1.79. The zero-order chi connectivity index (χ0) is 14.0. The molecule has 0 aromatic rings. The summed E-state index contributed by atoms with van der Waals surface area (Å²) in [6, 6.07) is 0. The van der Waals surface area contributed by atoms with E-state index in [4.69, 9.17) is 13.4 Å². The van der Waals surface area contributed by atoms with Gasteiger partial charge in [0.15, 0.2) is 0 Å². The van der Waals surface area contributed by atoms with Gasteiger partial charge in [-0.25, -0.2) is 0 Å². The highest BCUT2D eigenvalue weighted by Crippen LogP contribution is 2.38.